The van der Waals surface area contributed by atoms with Crippen LogP contribution in [0.4, 0.5) is 0 Å². The van der Waals surface area contributed by atoms with Gasteiger partial charge in [0.1, 0.15) is 5.56 Å². The highest BCUT2D eigenvalue weighted by molar-refractivity contribution is 7.04. The Kier molecular flexibility index (Phi) is 1.86. The molecule has 0 aromatic carbocycles. The Balaban J connectivity index is 2.93. The standard InChI is InChI=1S/C5H4NO3S/c1-9-5(8)3-2-10-6-4(3)7/h2H,1H3. The molecule has 1 heterocycles. The van der Waals surface area contributed by atoms with Gasteiger partial charge in [0.05, 0.1) is 7.11 Å². The van der Waals surface area contributed by atoms with Gasteiger partial charge in [0.2, 0.25) is 0 Å². The quantitative estimate of drug-likeness (QED) is 0.574. The van der Waals surface area contributed by atoms with Gasteiger partial charge in [-0.1, -0.05) is 0 Å². The fraction of sp³-hybridized carbons (Fsp3) is 0.200. The van der Waals surface area contributed by atoms with Crippen LogP contribution in [0, 0.1) is 0 Å². The number of carbonyl (C=O) groups excluding carboxylic acids is 1. The van der Waals surface area contributed by atoms with E-state index in [1.54, 1.807) is 0 Å². The summed E-state index contributed by atoms with van der Waals surface area (Å²) in [6, 6.07) is 0. The highest BCUT2D eigenvalue weighted by Crippen LogP contribution is 2.17. The molecule has 10 heavy (non-hydrogen) atoms. The molecule has 0 atom stereocenters. The van der Waals surface area contributed by atoms with Crippen molar-refractivity contribution in [3.63, 3.8) is 0 Å². The van der Waals surface area contributed by atoms with Crippen LogP contribution < -0.4 is 0 Å². The van der Waals surface area contributed by atoms with Crippen molar-refractivity contribution in [3.8, 4) is 5.88 Å². The van der Waals surface area contributed by atoms with Crippen LogP contribution in [-0.2, 0) is 9.84 Å². The predicted molar refractivity (Wildman–Crippen MR) is 33.6 cm³/mol. The number of carbonyl (C=O) groups is 1. The van der Waals surface area contributed by atoms with E-state index in [9.17, 15) is 9.90 Å². The topological polar surface area (TPSA) is 59.1 Å². The van der Waals surface area contributed by atoms with E-state index in [2.05, 4.69) is 9.11 Å². The normalized spacial score (nSPS) is 9.30. The molecule has 0 fully saturated rings. The molecule has 0 amide bonds. The molecule has 0 spiro atoms. The Bertz CT molecular complexity index is 245. The Morgan fingerprint density at radius 3 is 2.90 bits per heavy atom. The first-order valence-corrected chi connectivity index (χ1v) is 3.29. The SMILES string of the molecule is COC(=O)c1csnc1[O]. The molecule has 0 N–H and O–H groups in total. The van der Waals surface area contributed by atoms with Crippen LogP contribution in [0.1, 0.15) is 10.4 Å². The first-order chi connectivity index (χ1) is 4.75. The number of nitrogens with zero attached hydrogens (tertiary/aromatic N) is 1. The summed E-state index contributed by atoms with van der Waals surface area (Å²) in [5.41, 5.74) is 0.00694. The minimum atomic E-state index is -0.626. The Morgan fingerprint density at radius 2 is 2.50 bits per heavy atom. The van der Waals surface area contributed by atoms with Crippen molar-refractivity contribution >= 4 is 17.5 Å². The van der Waals surface area contributed by atoms with E-state index in [0.717, 1.165) is 11.5 Å². The average molecular weight is 158 g/mol. The van der Waals surface area contributed by atoms with Gasteiger partial charge in [0.15, 0.2) is 0 Å². The summed E-state index contributed by atoms with van der Waals surface area (Å²) in [5, 5.41) is 12.0. The number of hydrogen-bond donors (Lipinski definition) is 0. The third kappa shape index (κ3) is 1.08. The van der Waals surface area contributed by atoms with Gasteiger partial charge >= 0.3 is 5.97 Å². The zero-order valence-electron chi connectivity index (χ0n) is 5.16. The second kappa shape index (κ2) is 2.66. The second-order valence-corrected chi connectivity index (χ2v) is 2.15. The van der Waals surface area contributed by atoms with Crippen molar-refractivity contribution in [2.45, 2.75) is 0 Å². The van der Waals surface area contributed by atoms with Gasteiger partial charge in [-0.05, 0) is 11.5 Å². The summed E-state index contributed by atoms with van der Waals surface area (Å²) >= 11 is 0.947. The highest BCUT2D eigenvalue weighted by Gasteiger charge is 2.14. The molecule has 0 unspecified atom stereocenters. The summed E-state index contributed by atoms with van der Waals surface area (Å²) in [7, 11) is 1.22. The summed E-state index contributed by atoms with van der Waals surface area (Å²) < 4.78 is 7.67. The summed E-state index contributed by atoms with van der Waals surface area (Å²) in [6.07, 6.45) is 0. The van der Waals surface area contributed by atoms with Crippen molar-refractivity contribution in [2.75, 3.05) is 7.11 Å². The lowest BCUT2D eigenvalue weighted by Gasteiger charge is -1.90. The van der Waals surface area contributed by atoms with Gasteiger partial charge < -0.3 is 4.74 Å². The van der Waals surface area contributed by atoms with Crippen LogP contribution in [0.3, 0.4) is 0 Å². The molecule has 0 aliphatic heterocycles. The van der Waals surface area contributed by atoms with Crippen molar-refractivity contribution in [2.24, 2.45) is 0 Å². The minimum absolute atomic E-state index is 0.00694. The van der Waals surface area contributed by atoms with Crippen LogP contribution in [-0.4, -0.2) is 17.5 Å². The maximum absolute atomic E-state index is 10.6. The Morgan fingerprint density at radius 1 is 1.80 bits per heavy atom. The molecular weight excluding hydrogens is 154 g/mol. The highest BCUT2D eigenvalue weighted by atomic mass is 32.1. The van der Waals surface area contributed by atoms with Crippen LogP contribution in [0.2, 0.25) is 0 Å². The lowest BCUT2D eigenvalue weighted by atomic mass is 10.4. The van der Waals surface area contributed by atoms with Gasteiger partial charge in [-0.2, -0.15) is 4.37 Å². The number of rotatable bonds is 1. The molecule has 1 radical (unpaired) electrons. The zero-order valence-corrected chi connectivity index (χ0v) is 5.97. The molecule has 0 aliphatic rings. The average Bonchev–Trinajstić information content (AvgIpc) is 2.34. The van der Waals surface area contributed by atoms with E-state index >= 15 is 0 Å². The fourth-order valence-corrected chi connectivity index (χ4v) is 1.02. The monoisotopic (exact) mass is 158 g/mol. The fourth-order valence-electron chi connectivity index (χ4n) is 0.472. The third-order valence-corrected chi connectivity index (χ3v) is 1.55. The number of methoxy groups -OCH3 is 1. The van der Waals surface area contributed by atoms with Gasteiger partial charge in [-0.3, -0.25) is 5.11 Å². The summed E-state index contributed by atoms with van der Waals surface area (Å²) in [6.45, 7) is 0. The number of hydrogen-bond acceptors (Lipinski definition) is 4. The van der Waals surface area contributed by atoms with Gasteiger partial charge in [-0.15, -0.1) is 0 Å². The maximum Gasteiger partial charge on any atom is 0.344 e. The van der Waals surface area contributed by atoms with E-state index in [1.165, 1.54) is 12.5 Å². The molecule has 0 saturated heterocycles. The molecule has 53 valence electrons. The summed E-state index contributed by atoms with van der Waals surface area (Å²) in [4.78, 5) is 10.6. The zero-order chi connectivity index (χ0) is 7.56. The molecule has 1 aromatic rings. The van der Waals surface area contributed by atoms with E-state index in [-0.39, 0.29) is 5.56 Å². The largest absolute Gasteiger partial charge is 0.465 e. The van der Waals surface area contributed by atoms with Crippen molar-refractivity contribution in [3.05, 3.63) is 10.9 Å². The molecule has 0 saturated carbocycles. The predicted octanol–water partition coefficient (Wildman–Crippen LogP) is 1.07. The molecule has 1 aromatic heterocycles. The lowest BCUT2D eigenvalue weighted by molar-refractivity contribution is 0.0595. The van der Waals surface area contributed by atoms with Crippen LogP contribution in [0.15, 0.2) is 5.38 Å². The number of aromatic nitrogens is 1. The van der Waals surface area contributed by atoms with Crippen LogP contribution in [0.25, 0.3) is 0 Å². The van der Waals surface area contributed by atoms with Gasteiger partial charge in [-0.25, -0.2) is 4.79 Å². The van der Waals surface area contributed by atoms with Gasteiger partial charge in [0, 0.05) is 5.38 Å². The van der Waals surface area contributed by atoms with E-state index in [1.807, 2.05) is 0 Å². The molecule has 4 nitrogen and oxygen atoms in total. The lowest BCUT2D eigenvalue weighted by Crippen LogP contribution is -1.98. The van der Waals surface area contributed by atoms with E-state index < -0.39 is 11.8 Å². The smallest absolute Gasteiger partial charge is 0.344 e. The van der Waals surface area contributed by atoms with Crippen molar-refractivity contribution in [1.82, 2.24) is 4.37 Å². The first-order valence-electron chi connectivity index (χ1n) is 2.45. The van der Waals surface area contributed by atoms with Crippen molar-refractivity contribution in [1.29, 1.82) is 0 Å². The molecule has 5 heteroatoms. The Labute approximate surface area is 61.2 Å². The van der Waals surface area contributed by atoms with Crippen LogP contribution in [0.5, 0.6) is 5.88 Å². The molecule has 1 rings (SSSR count). The van der Waals surface area contributed by atoms with Gasteiger partial charge in [0.25, 0.3) is 5.88 Å². The van der Waals surface area contributed by atoms with E-state index in [0.29, 0.717) is 0 Å². The summed E-state index contributed by atoms with van der Waals surface area (Å²) in [5.74, 6) is -1.14. The van der Waals surface area contributed by atoms with E-state index in [4.69, 9.17) is 0 Å². The molecule has 0 aliphatic carbocycles. The number of ether oxygens (including phenoxy) is 1. The first kappa shape index (κ1) is 7.01. The minimum Gasteiger partial charge on any atom is -0.465 e. The van der Waals surface area contributed by atoms with Crippen LogP contribution >= 0.6 is 11.5 Å². The second-order valence-electron chi connectivity index (χ2n) is 1.52. The Hall–Kier alpha value is -1.10. The molecule has 0 bridgehead atoms. The maximum atomic E-state index is 10.6. The third-order valence-electron chi connectivity index (χ3n) is 0.942. The number of esters is 1. The molecular formula is C5H4NO3S. The van der Waals surface area contributed by atoms with Crippen molar-refractivity contribution < 1.29 is 14.6 Å².